The number of anilines is 1. The van der Waals surface area contributed by atoms with Crippen LogP contribution < -0.4 is 4.90 Å². The predicted octanol–water partition coefficient (Wildman–Crippen LogP) is 1.93. The zero-order valence-electron chi connectivity index (χ0n) is 14.2. The van der Waals surface area contributed by atoms with E-state index in [1.807, 2.05) is 12.4 Å². The second-order valence-corrected chi connectivity index (χ2v) is 7.61. The molecule has 2 atom stereocenters. The number of hydrogen-bond acceptors (Lipinski definition) is 5. The van der Waals surface area contributed by atoms with Gasteiger partial charge in [-0.1, -0.05) is 27.7 Å². The molecule has 0 radical (unpaired) electrons. The van der Waals surface area contributed by atoms with E-state index in [1.165, 1.54) is 0 Å². The van der Waals surface area contributed by atoms with Crippen LogP contribution in [0.15, 0.2) is 12.4 Å². The summed E-state index contributed by atoms with van der Waals surface area (Å²) in [6.45, 7) is 14.8. The molecule has 1 aromatic rings. The van der Waals surface area contributed by atoms with Crippen LogP contribution in [-0.2, 0) is 10.2 Å². The van der Waals surface area contributed by atoms with Crippen LogP contribution in [-0.4, -0.2) is 60.3 Å². The van der Waals surface area contributed by atoms with Gasteiger partial charge in [-0.05, 0) is 5.92 Å². The molecule has 3 heterocycles. The average molecular weight is 304 g/mol. The van der Waals surface area contributed by atoms with E-state index in [0.717, 1.165) is 50.9 Å². The normalized spacial score (nSPS) is 27.4. The first-order valence-corrected chi connectivity index (χ1v) is 8.34. The molecule has 2 saturated heterocycles. The lowest BCUT2D eigenvalue weighted by Gasteiger charge is -2.34. The quantitative estimate of drug-likeness (QED) is 0.835. The number of nitrogens with zero attached hydrogens (tertiary/aromatic N) is 4. The molecular formula is C17H28N4O. The van der Waals surface area contributed by atoms with E-state index < -0.39 is 0 Å². The summed E-state index contributed by atoms with van der Waals surface area (Å²) in [5, 5.41) is 0. The minimum absolute atomic E-state index is 0.0557. The van der Waals surface area contributed by atoms with Crippen molar-refractivity contribution in [3.63, 3.8) is 0 Å². The summed E-state index contributed by atoms with van der Waals surface area (Å²) < 4.78 is 5.47. The number of hydrogen-bond donors (Lipinski definition) is 0. The zero-order valence-corrected chi connectivity index (χ0v) is 14.2. The average Bonchev–Trinajstić information content (AvgIpc) is 2.89. The molecule has 5 heteroatoms. The van der Waals surface area contributed by atoms with Crippen LogP contribution in [0.2, 0.25) is 0 Å². The van der Waals surface area contributed by atoms with Crippen LogP contribution in [0.4, 0.5) is 5.82 Å². The zero-order chi connectivity index (χ0) is 15.7. The Balaban J connectivity index is 1.68. The van der Waals surface area contributed by atoms with Crippen molar-refractivity contribution in [3.05, 3.63) is 18.1 Å². The molecule has 0 N–H and O–H groups in total. The molecule has 122 valence electrons. The molecule has 1 aromatic heterocycles. The van der Waals surface area contributed by atoms with E-state index in [4.69, 9.17) is 4.74 Å². The second kappa shape index (κ2) is 6.13. The van der Waals surface area contributed by atoms with E-state index in [0.29, 0.717) is 12.0 Å². The summed E-state index contributed by atoms with van der Waals surface area (Å²) in [5.74, 6) is 1.66. The van der Waals surface area contributed by atoms with Gasteiger partial charge in [-0.3, -0.25) is 9.88 Å². The van der Waals surface area contributed by atoms with Gasteiger partial charge in [0.1, 0.15) is 5.82 Å². The van der Waals surface area contributed by atoms with Crippen LogP contribution >= 0.6 is 0 Å². The van der Waals surface area contributed by atoms with Crippen LogP contribution in [0.1, 0.15) is 33.4 Å². The molecule has 0 saturated carbocycles. The third kappa shape index (κ3) is 3.25. The number of morpholine rings is 1. The van der Waals surface area contributed by atoms with Gasteiger partial charge >= 0.3 is 0 Å². The topological polar surface area (TPSA) is 41.5 Å². The summed E-state index contributed by atoms with van der Waals surface area (Å²) in [5.41, 5.74) is 1.11. The van der Waals surface area contributed by atoms with Gasteiger partial charge in [0.05, 0.1) is 31.3 Å². The van der Waals surface area contributed by atoms with Crippen LogP contribution in [0.3, 0.4) is 0 Å². The van der Waals surface area contributed by atoms with Crippen molar-refractivity contribution in [1.82, 2.24) is 14.9 Å². The van der Waals surface area contributed by atoms with Gasteiger partial charge in [0.15, 0.2) is 0 Å². The monoisotopic (exact) mass is 304 g/mol. The van der Waals surface area contributed by atoms with Gasteiger partial charge < -0.3 is 9.64 Å². The maximum absolute atomic E-state index is 5.47. The van der Waals surface area contributed by atoms with E-state index in [-0.39, 0.29) is 5.41 Å². The highest BCUT2D eigenvalue weighted by molar-refractivity contribution is 5.39. The Labute approximate surface area is 133 Å². The first-order chi connectivity index (χ1) is 10.4. The van der Waals surface area contributed by atoms with Gasteiger partial charge in [-0.15, -0.1) is 0 Å². The Morgan fingerprint density at radius 1 is 1.09 bits per heavy atom. The molecule has 2 aliphatic heterocycles. The lowest BCUT2D eigenvalue weighted by Crippen LogP contribution is -2.46. The molecule has 0 bridgehead atoms. The van der Waals surface area contributed by atoms with Crippen molar-refractivity contribution >= 4 is 5.82 Å². The molecule has 0 aromatic carbocycles. The van der Waals surface area contributed by atoms with E-state index in [1.54, 1.807) is 0 Å². The second-order valence-electron chi connectivity index (χ2n) is 7.61. The largest absolute Gasteiger partial charge is 0.379 e. The molecule has 2 unspecified atom stereocenters. The highest BCUT2D eigenvalue weighted by Gasteiger charge is 2.35. The van der Waals surface area contributed by atoms with Crippen molar-refractivity contribution in [2.45, 2.75) is 39.2 Å². The maximum Gasteiger partial charge on any atom is 0.147 e. The van der Waals surface area contributed by atoms with Crippen LogP contribution in [0.5, 0.6) is 0 Å². The van der Waals surface area contributed by atoms with Crippen molar-refractivity contribution in [1.29, 1.82) is 0 Å². The van der Waals surface area contributed by atoms with Gasteiger partial charge in [0.25, 0.3) is 0 Å². The third-order valence-electron chi connectivity index (χ3n) is 4.82. The Kier molecular flexibility index (Phi) is 4.37. The maximum atomic E-state index is 5.47. The minimum Gasteiger partial charge on any atom is -0.379 e. The minimum atomic E-state index is 0.0557. The summed E-state index contributed by atoms with van der Waals surface area (Å²) in [6, 6.07) is 0.605. The van der Waals surface area contributed by atoms with Crippen LogP contribution in [0, 0.1) is 5.92 Å². The lowest BCUT2D eigenvalue weighted by atomic mass is 9.93. The van der Waals surface area contributed by atoms with Gasteiger partial charge in [0, 0.05) is 37.6 Å². The molecule has 0 aliphatic carbocycles. The molecule has 0 spiro atoms. The van der Waals surface area contributed by atoms with Gasteiger partial charge in [-0.2, -0.15) is 0 Å². The van der Waals surface area contributed by atoms with E-state index >= 15 is 0 Å². The van der Waals surface area contributed by atoms with E-state index in [2.05, 4.69) is 47.5 Å². The molecule has 22 heavy (non-hydrogen) atoms. The fourth-order valence-corrected chi connectivity index (χ4v) is 3.39. The summed E-state index contributed by atoms with van der Waals surface area (Å²) >= 11 is 0. The SMILES string of the molecule is CC1CN(c2cnc(C(C)(C)C)cn2)CC1N1CCOCC1. The molecule has 0 amide bonds. The standard InChI is InChI=1S/C17H28N4O/c1-13-11-21(12-14(13)20-5-7-22-8-6-20)16-10-18-15(9-19-16)17(2,3)4/h9-10,13-14H,5-8,11-12H2,1-4H3. The Morgan fingerprint density at radius 2 is 1.82 bits per heavy atom. The lowest BCUT2D eigenvalue weighted by molar-refractivity contribution is 0.0134. The number of rotatable bonds is 2. The van der Waals surface area contributed by atoms with Crippen molar-refractivity contribution < 1.29 is 4.74 Å². The van der Waals surface area contributed by atoms with E-state index in [9.17, 15) is 0 Å². The fourth-order valence-electron chi connectivity index (χ4n) is 3.39. The molecule has 3 rings (SSSR count). The number of aromatic nitrogens is 2. The third-order valence-corrected chi connectivity index (χ3v) is 4.82. The highest BCUT2D eigenvalue weighted by Crippen LogP contribution is 2.27. The first kappa shape index (κ1) is 15.7. The Hall–Kier alpha value is -1.20. The predicted molar refractivity (Wildman–Crippen MR) is 88.3 cm³/mol. The Morgan fingerprint density at radius 3 is 2.41 bits per heavy atom. The Bertz CT molecular complexity index is 490. The summed E-state index contributed by atoms with van der Waals surface area (Å²) in [6.07, 6.45) is 3.87. The fraction of sp³-hybridized carbons (Fsp3) is 0.765. The van der Waals surface area contributed by atoms with Gasteiger partial charge in [-0.25, -0.2) is 4.98 Å². The van der Waals surface area contributed by atoms with Crippen molar-refractivity contribution in [2.24, 2.45) is 5.92 Å². The van der Waals surface area contributed by atoms with Crippen molar-refractivity contribution in [3.8, 4) is 0 Å². The highest BCUT2D eigenvalue weighted by atomic mass is 16.5. The molecule has 5 nitrogen and oxygen atoms in total. The number of ether oxygens (including phenoxy) is 1. The molecule has 2 aliphatic rings. The molecule has 2 fully saturated rings. The molecular weight excluding hydrogens is 276 g/mol. The summed E-state index contributed by atoms with van der Waals surface area (Å²) in [4.78, 5) is 14.2. The van der Waals surface area contributed by atoms with Crippen LogP contribution in [0.25, 0.3) is 0 Å². The first-order valence-electron chi connectivity index (χ1n) is 8.34. The smallest absolute Gasteiger partial charge is 0.147 e. The van der Waals surface area contributed by atoms with Crippen molar-refractivity contribution in [2.75, 3.05) is 44.3 Å². The summed E-state index contributed by atoms with van der Waals surface area (Å²) in [7, 11) is 0. The van der Waals surface area contributed by atoms with Gasteiger partial charge in [0.2, 0.25) is 0 Å².